The molecule has 1 aromatic rings. The largest absolute Gasteiger partial charge is 0.418 e. The summed E-state index contributed by atoms with van der Waals surface area (Å²) < 4.78 is 37.6. The van der Waals surface area contributed by atoms with E-state index in [4.69, 9.17) is 17.3 Å². The fourth-order valence-electron chi connectivity index (χ4n) is 1.09. The summed E-state index contributed by atoms with van der Waals surface area (Å²) in [6.07, 6.45) is -4.47. The number of hydrogen-bond donors (Lipinski definition) is 1. The van der Waals surface area contributed by atoms with E-state index >= 15 is 0 Å². The SMILES string of the molecule is Nc1c(Cl)ccc(CBr)c1C(F)(F)F. The van der Waals surface area contributed by atoms with E-state index in [2.05, 4.69) is 15.9 Å². The lowest BCUT2D eigenvalue weighted by Crippen LogP contribution is -2.12. The second-order valence-corrected chi connectivity index (χ2v) is 3.59. The van der Waals surface area contributed by atoms with E-state index < -0.39 is 17.4 Å². The highest BCUT2D eigenvalue weighted by atomic mass is 79.9. The van der Waals surface area contributed by atoms with Gasteiger partial charge in [0.1, 0.15) is 0 Å². The van der Waals surface area contributed by atoms with Gasteiger partial charge in [-0.1, -0.05) is 33.6 Å². The number of anilines is 1. The minimum Gasteiger partial charge on any atom is -0.397 e. The number of benzene rings is 1. The number of hydrogen-bond acceptors (Lipinski definition) is 1. The van der Waals surface area contributed by atoms with E-state index in [-0.39, 0.29) is 15.9 Å². The second-order valence-electron chi connectivity index (χ2n) is 2.63. The van der Waals surface area contributed by atoms with Crippen LogP contribution in [0.2, 0.25) is 5.02 Å². The van der Waals surface area contributed by atoms with Crippen LogP contribution in [-0.4, -0.2) is 0 Å². The molecule has 0 unspecified atom stereocenters. The third-order valence-corrected chi connectivity index (χ3v) is 2.64. The summed E-state index contributed by atoms with van der Waals surface area (Å²) in [5, 5.41) is 0.00506. The van der Waals surface area contributed by atoms with Gasteiger partial charge in [-0.2, -0.15) is 13.2 Å². The highest BCUT2D eigenvalue weighted by molar-refractivity contribution is 9.08. The van der Waals surface area contributed by atoms with E-state index in [1.54, 1.807) is 0 Å². The van der Waals surface area contributed by atoms with Crippen molar-refractivity contribution in [1.82, 2.24) is 0 Å². The number of rotatable bonds is 1. The van der Waals surface area contributed by atoms with Gasteiger partial charge in [0, 0.05) is 5.33 Å². The predicted molar refractivity (Wildman–Crippen MR) is 53.5 cm³/mol. The Morgan fingerprint density at radius 1 is 1.36 bits per heavy atom. The smallest absolute Gasteiger partial charge is 0.397 e. The Bertz CT molecular complexity index is 351. The van der Waals surface area contributed by atoms with Crippen LogP contribution < -0.4 is 5.73 Å². The molecule has 1 nitrogen and oxygen atoms in total. The van der Waals surface area contributed by atoms with E-state index in [0.29, 0.717) is 0 Å². The van der Waals surface area contributed by atoms with Crippen LogP contribution in [0.3, 0.4) is 0 Å². The molecule has 0 bridgehead atoms. The molecule has 0 saturated heterocycles. The minimum atomic E-state index is -4.47. The van der Waals surface area contributed by atoms with Crippen molar-refractivity contribution >= 4 is 33.2 Å². The van der Waals surface area contributed by atoms with Crippen LogP contribution in [0.25, 0.3) is 0 Å². The van der Waals surface area contributed by atoms with Crippen LogP contribution in [0.4, 0.5) is 18.9 Å². The Labute approximate surface area is 92.2 Å². The Balaban J connectivity index is 3.44. The molecule has 0 atom stereocenters. The van der Waals surface area contributed by atoms with Crippen LogP contribution >= 0.6 is 27.5 Å². The van der Waals surface area contributed by atoms with Crippen LogP contribution in [-0.2, 0) is 11.5 Å². The van der Waals surface area contributed by atoms with E-state index in [0.717, 1.165) is 0 Å². The predicted octanol–water partition coefficient (Wildman–Crippen LogP) is 3.84. The summed E-state index contributed by atoms with van der Waals surface area (Å²) >= 11 is 8.47. The lowest BCUT2D eigenvalue weighted by atomic mass is 10.1. The minimum absolute atomic E-state index is 0.0815. The molecular weight excluding hydrogens is 282 g/mol. The molecule has 0 fully saturated rings. The third-order valence-electron chi connectivity index (χ3n) is 1.71. The van der Waals surface area contributed by atoms with E-state index in [9.17, 15) is 13.2 Å². The van der Waals surface area contributed by atoms with Crippen molar-refractivity contribution in [2.45, 2.75) is 11.5 Å². The summed E-state index contributed by atoms with van der Waals surface area (Å²) in [5.41, 5.74) is 4.08. The second kappa shape index (κ2) is 3.98. The molecule has 0 aromatic heterocycles. The summed E-state index contributed by atoms with van der Waals surface area (Å²) in [5.74, 6) is 0. The summed E-state index contributed by atoms with van der Waals surface area (Å²) in [7, 11) is 0. The molecule has 1 rings (SSSR count). The monoisotopic (exact) mass is 287 g/mol. The number of halogens is 5. The van der Waals surface area contributed by atoms with Gasteiger partial charge in [0.05, 0.1) is 16.3 Å². The summed E-state index contributed by atoms with van der Waals surface area (Å²) in [4.78, 5) is 0. The van der Waals surface area contributed by atoms with Crippen LogP contribution in [0.15, 0.2) is 12.1 Å². The Morgan fingerprint density at radius 3 is 2.36 bits per heavy atom. The molecule has 0 aliphatic heterocycles. The molecule has 0 heterocycles. The normalized spacial score (nSPS) is 11.8. The fraction of sp³-hybridized carbons (Fsp3) is 0.250. The molecule has 1 aromatic carbocycles. The van der Waals surface area contributed by atoms with Crippen LogP contribution in [0.1, 0.15) is 11.1 Å². The van der Waals surface area contributed by atoms with Gasteiger partial charge in [0.2, 0.25) is 0 Å². The molecule has 0 spiro atoms. The lowest BCUT2D eigenvalue weighted by Gasteiger charge is -2.14. The van der Waals surface area contributed by atoms with Crippen molar-refractivity contribution < 1.29 is 13.2 Å². The molecular formula is C8H6BrClF3N. The first-order valence-corrected chi connectivity index (χ1v) is 5.08. The van der Waals surface area contributed by atoms with Gasteiger partial charge in [-0.15, -0.1) is 0 Å². The van der Waals surface area contributed by atoms with Crippen molar-refractivity contribution in [3.05, 3.63) is 28.3 Å². The maximum absolute atomic E-state index is 12.5. The summed E-state index contributed by atoms with van der Waals surface area (Å²) in [6.45, 7) is 0. The first-order chi connectivity index (χ1) is 6.38. The van der Waals surface area contributed by atoms with Gasteiger partial charge in [-0.05, 0) is 11.6 Å². The van der Waals surface area contributed by atoms with Crippen molar-refractivity contribution in [1.29, 1.82) is 0 Å². The van der Waals surface area contributed by atoms with Gasteiger partial charge in [0.25, 0.3) is 0 Å². The molecule has 6 heteroatoms. The molecule has 78 valence electrons. The van der Waals surface area contributed by atoms with E-state index in [1.807, 2.05) is 0 Å². The zero-order chi connectivity index (χ0) is 10.9. The third kappa shape index (κ3) is 2.15. The Hall–Kier alpha value is -0.420. The lowest BCUT2D eigenvalue weighted by molar-refractivity contribution is -0.137. The number of nitrogens with two attached hydrogens (primary N) is 1. The van der Waals surface area contributed by atoms with E-state index in [1.165, 1.54) is 12.1 Å². The standard InChI is InChI=1S/C8H6BrClF3N/c9-3-4-1-2-5(10)7(14)6(4)8(11,12)13/h1-2H,3,14H2. The zero-order valence-electron chi connectivity index (χ0n) is 6.83. The summed E-state index contributed by atoms with van der Waals surface area (Å²) in [6, 6.07) is 2.65. The molecule has 2 N–H and O–H groups in total. The molecule has 0 saturated carbocycles. The quantitative estimate of drug-likeness (QED) is 0.617. The fourth-order valence-corrected chi connectivity index (χ4v) is 1.71. The van der Waals surface area contributed by atoms with Crippen molar-refractivity contribution in [2.24, 2.45) is 0 Å². The molecule has 14 heavy (non-hydrogen) atoms. The Morgan fingerprint density at radius 2 is 1.93 bits per heavy atom. The van der Waals surface area contributed by atoms with Gasteiger partial charge in [0.15, 0.2) is 0 Å². The van der Waals surface area contributed by atoms with Crippen molar-refractivity contribution in [2.75, 3.05) is 5.73 Å². The average Bonchev–Trinajstić information content (AvgIpc) is 2.07. The highest BCUT2D eigenvalue weighted by Crippen LogP contribution is 2.39. The molecule has 0 radical (unpaired) electrons. The van der Waals surface area contributed by atoms with Crippen molar-refractivity contribution in [3.63, 3.8) is 0 Å². The molecule has 0 aliphatic carbocycles. The topological polar surface area (TPSA) is 26.0 Å². The van der Waals surface area contributed by atoms with Gasteiger partial charge < -0.3 is 5.73 Å². The first kappa shape index (κ1) is 11.7. The van der Waals surface area contributed by atoms with Crippen LogP contribution in [0.5, 0.6) is 0 Å². The molecule has 0 amide bonds. The number of nitrogen functional groups attached to an aromatic ring is 1. The van der Waals surface area contributed by atoms with Gasteiger partial charge >= 0.3 is 6.18 Å². The van der Waals surface area contributed by atoms with Crippen LogP contribution in [0, 0.1) is 0 Å². The number of alkyl halides is 4. The van der Waals surface area contributed by atoms with Gasteiger partial charge in [-0.3, -0.25) is 0 Å². The average molecular weight is 288 g/mol. The zero-order valence-corrected chi connectivity index (χ0v) is 9.17. The highest BCUT2D eigenvalue weighted by Gasteiger charge is 2.36. The van der Waals surface area contributed by atoms with Gasteiger partial charge in [-0.25, -0.2) is 0 Å². The Kier molecular flexibility index (Phi) is 3.32. The maximum atomic E-state index is 12.5. The maximum Gasteiger partial charge on any atom is 0.418 e. The first-order valence-electron chi connectivity index (χ1n) is 3.58. The van der Waals surface area contributed by atoms with Crippen molar-refractivity contribution in [3.8, 4) is 0 Å². The molecule has 0 aliphatic rings.